The third-order valence-corrected chi connectivity index (χ3v) is 5.10. The normalized spacial score (nSPS) is 19.4. The van der Waals surface area contributed by atoms with Crippen molar-refractivity contribution in [3.05, 3.63) is 63.1 Å². The van der Waals surface area contributed by atoms with Gasteiger partial charge in [0.2, 0.25) is 0 Å². The zero-order chi connectivity index (χ0) is 18.9. The number of nitrogens with zero attached hydrogens (tertiary/aromatic N) is 2. The predicted molar refractivity (Wildman–Crippen MR) is 106 cm³/mol. The molecule has 0 bridgehead atoms. The van der Waals surface area contributed by atoms with Crippen molar-refractivity contribution in [1.82, 2.24) is 0 Å². The first-order valence-electron chi connectivity index (χ1n) is 8.11. The first kappa shape index (κ1) is 19.0. The monoisotopic (exact) mass is 410 g/mol. The largest absolute Gasteiger partial charge is 0.461 e. The van der Waals surface area contributed by atoms with Crippen LogP contribution < -0.4 is 5.01 Å². The van der Waals surface area contributed by atoms with Crippen molar-refractivity contribution in [2.24, 2.45) is 5.10 Å². The zero-order valence-electron chi connectivity index (χ0n) is 14.3. The number of hydrogen-bond acceptors (Lipinski definition) is 4. The number of carbonyl (C=O) groups is 1. The summed E-state index contributed by atoms with van der Waals surface area (Å²) in [5.41, 5.74) is 1.34. The Morgan fingerprint density at radius 2 is 1.81 bits per heavy atom. The van der Waals surface area contributed by atoms with Gasteiger partial charge >= 0.3 is 5.97 Å². The topological polar surface area (TPSA) is 41.9 Å². The van der Waals surface area contributed by atoms with Crippen molar-refractivity contribution in [1.29, 1.82) is 0 Å². The molecule has 0 saturated carbocycles. The van der Waals surface area contributed by atoms with Crippen molar-refractivity contribution in [3.8, 4) is 0 Å². The number of halogens is 3. The highest BCUT2D eigenvalue weighted by Crippen LogP contribution is 2.44. The Balaban J connectivity index is 2.10. The molecule has 1 atom stereocenters. The van der Waals surface area contributed by atoms with Gasteiger partial charge in [-0.15, -0.1) is 0 Å². The summed E-state index contributed by atoms with van der Waals surface area (Å²) in [7, 11) is 0. The fraction of sp³-hybridized carbons (Fsp3) is 0.263. The lowest BCUT2D eigenvalue weighted by molar-refractivity contribution is -0.135. The number of benzene rings is 2. The standard InChI is InChI=1S/C19H17Cl3N2O2/c1-3-26-18(25)16-11-19(2,12-4-6-13(20)7-5-12)24(23-16)17-9-8-14(21)10-15(17)22/h4-10H,3,11H2,1-2H3. The number of rotatable bonds is 4. The lowest BCUT2D eigenvalue weighted by Crippen LogP contribution is -2.37. The van der Waals surface area contributed by atoms with Crippen LogP contribution >= 0.6 is 34.8 Å². The van der Waals surface area contributed by atoms with Crippen LogP contribution in [0.25, 0.3) is 0 Å². The second kappa shape index (κ2) is 7.47. The maximum Gasteiger partial charge on any atom is 0.354 e. The summed E-state index contributed by atoms with van der Waals surface area (Å²) < 4.78 is 5.14. The minimum absolute atomic E-state index is 0.289. The summed E-state index contributed by atoms with van der Waals surface area (Å²) in [5.74, 6) is -0.430. The summed E-state index contributed by atoms with van der Waals surface area (Å²) in [4.78, 5) is 12.3. The molecule has 2 aromatic rings. The minimum Gasteiger partial charge on any atom is -0.461 e. The fourth-order valence-electron chi connectivity index (χ4n) is 3.00. The summed E-state index contributed by atoms with van der Waals surface area (Å²) in [6, 6.07) is 12.6. The molecule has 136 valence electrons. The van der Waals surface area contributed by atoms with E-state index in [4.69, 9.17) is 39.5 Å². The Hall–Kier alpha value is -1.75. The van der Waals surface area contributed by atoms with Crippen LogP contribution in [0.1, 0.15) is 25.8 Å². The highest BCUT2D eigenvalue weighted by molar-refractivity contribution is 6.38. The molecule has 0 fully saturated rings. The molecule has 4 nitrogen and oxygen atoms in total. The SMILES string of the molecule is CCOC(=O)C1=NN(c2ccc(Cl)cc2Cl)C(C)(c2ccc(Cl)cc2)C1. The average Bonchev–Trinajstić information content (AvgIpc) is 2.94. The van der Waals surface area contributed by atoms with Gasteiger partial charge in [0, 0.05) is 16.5 Å². The summed E-state index contributed by atoms with van der Waals surface area (Å²) in [5, 5.41) is 7.90. The van der Waals surface area contributed by atoms with Gasteiger partial charge in [-0.1, -0.05) is 46.9 Å². The molecule has 1 aliphatic rings. The van der Waals surface area contributed by atoms with Crippen molar-refractivity contribution >= 4 is 52.2 Å². The Labute approximate surface area is 167 Å². The fourth-order valence-corrected chi connectivity index (χ4v) is 3.62. The summed E-state index contributed by atoms with van der Waals surface area (Å²) in [6.45, 7) is 4.05. The van der Waals surface area contributed by atoms with E-state index >= 15 is 0 Å². The van der Waals surface area contributed by atoms with Gasteiger partial charge in [0.15, 0.2) is 0 Å². The molecule has 0 aromatic heterocycles. The number of ether oxygens (including phenoxy) is 1. The number of hydrazone groups is 1. The van der Waals surface area contributed by atoms with E-state index in [0.29, 0.717) is 32.9 Å². The maximum absolute atomic E-state index is 12.3. The van der Waals surface area contributed by atoms with E-state index in [1.165, 1.54) is 0 Å². The lowest BCUT2D eigenvalue weighted by atomic mass is 9.87. The molecule has 1 unspecified atom stereocenters. The molecular formula is C19H17Cl3N2O2. The van der Waals surface area contributed by atoms with Gasteiger partial charge < -0.3 is 4.74 Å². The highest BCUT2D eigenvalue weighted by atomic mass is 35.5. The maximum atomic E-state index is 12.3. The van der Waals surface area contributed by atoms with E-state index in [9.17, 15) is 4.79 Å². The van der Waals surface area contributed by atoms with Crippen molar-refractivity contribution in [2.75, 3.05) is 11.6 Å². The Morgan fingerprint density at radius 3 is 2.42 bits per heavy atom. The smallest absolute Gasteiger partial charge is 0.354 e. The molecule has 1 heterocycles. The van der Waals surface area contributed by atoms with E-state index in [0.717, 1.165) is 5.56 Å². The van der Waals surface area contributed by atoms with Crippen LogP contribution in [0.15, 0.2) is 47.6 Å². The minimum atomic E-state index is -0.621. The van der Waals surface area contributed by atoms with Crippen LogP contribution in [-0.2, 0) is 15.1 Å². The second-order valence-electron chi connectivity index (χ2n) is 6.13. The third kappa shape index (κ3) is 3.54. The van der Waals surface area contributed by atoms with Gasteiger partial charge in [0.1, 0.15) is 5.71 Å². The molecule has 0 radical (unpaired) electrons. The number of hydrogen-bond donors (Lipinski definition) is 0. The molecule has 0 aliphatic carbocycles. The highest BCUT2D eigenvalue weighted by Gasteiger charge is 2.44. The van der Waals surface area contributed by atoms with E-state index < -0.39 is 11.5 Å². The summed E-state index contributed by atoms with van der Waals surface area (Å²) in [6.07, 6.45) is 0.381. The van der Waals surface area contributed by atoms with Crippen LogP contribution in [-0.4, -0.2) is 18.3 Å². The molecule has 1 aliphatic heterocycles. The first-order chi connectivity index (χ1) is 12.3. The van der Waals surface area contributed by atoms with E-state index in [1.807, 2.05) is 31.2 Å². The van der Waals surface area contributed by atoms with Crippen LogP contribution in [0.2, 0.25) is 15.1 Å². The molecule has 0 spiro atoms. The first-order valence-corrected chi connectivity index (χ1v) is 9.24. The molecule has 7 heteroatoms. The van der Waals surface area contributed by atoms with Gasteiger partial charge in [-0.05, 0) is 49.7 Å². The third-order valence-electron chi connectivity index (χ3n) is 4.31. The van der Waals surface area contributed by atoms with Gasteiger partial charge in [-0.25, -0.2) is 4.79 Å². The molecule has 2 aromatic carbocycles. The predicted octanol–water partition coefficient (Wildman–Crippen LogP) is 5.69. The van der Waals surface area contributed by atoms with Crippen LogP contribution in [0, 0.1) is 0 Å². The van der Waals surface area contributed by atoms with E-state index in [1.54, 1.807) is 30.1 Å². The summed E-state index contributed by atoms with van der Waals surface area (Å²) >= 11 is 18.5. The molecular weight excluding hydrogens is 395 g/mol. The Kier molecular flexibility index (Phi) is 5.47. The number of anilines is 1. The van der Waals surface area contributed by atoms with Gasteiger partial charge in [0.05, 0.1) is 22.9 Å². The van der Waals surface area contributed by atoms with Crippen molar-refractivity contribution in [2.45, 2.75) is 25.8 Å². The van der Waals surface area contributed by atoms with Crippen LogP contribution in [0.3, 0.4) is 0 Å². The molecule has 0 N–H and O–H groups in total. The van der Waals surface area contributed by atoms with Crippen LogP contribution in [0.5, 0.6) is 0 Å². The quantitative estimate of drug-likeness (QED) is 0.607. The molecule has 0 saturated heterocycles. The Morgan fingerprint density at radius 1 is 1.15 bits per heavy atom. The number of esters is 1. The molecule has 3 rings (SSSR count). The van der Waals surface area contributed by atoms with Crippen LogP contribution in [0.4, 0.5) is 5.69 Å². The Bertz CT molecular complexity index is 868. The molecule has 0 amide bonds. The lowest BCUT2D eigenvalue weighted by Gasteiger charge is -2.35. The number of carbonyl (C=O) groups excluding carboxylic acids is 1. The van der Waals surface area contributed by atoms with E-state index in [2.05, 4.69) is 5.10 Å². The van der Waals surface area contributed by atoms with E-state index in [-0.39, 0.29) is 6.61 Å². The molecule has 26 heavy (non-hydrogen) atoms. The van der Waals surface area contributed by atoms with Crippen molar-refractivity contribution < 1.29 is 9.53 Å². The van der Waals surface area contributed by atoms with Gasteiger partial charge in [0.25, 0.3) is 0 Å². The second-order valence-corrected chi connectivity index (χ2v) is 7.41. The zero-order valence-corrected chi connectivity index (χ0v) is 16.6. The van der Waals surface area contributed by atoms with Gasteiger partial charge in [-0.3, -0.25) is 5.01 Å². The van der Waals surface area contributed by atoms with Gasteiger partial charge in [-0.2, -0.15) is 5.10 Å². The average molecular weight is 412 g/mol. The van der Waals surface area contributed by atoms with Crippen molar-refractivity contribution in [3.63, 3.8) is 0 Å².